The SMILES string of the molecule is CC1(C(=O)N(C(=O)CN)C(CCC(=O)O)C(=O)O)CCCN1. The second-order valence-electron chi connectivity index (χ2n) is 5.42. The summed E-state index contributed by atoms with van der Waals surface area (Å²) in [6.07, 6.45) is 0.353. The van der Waals surface area contributed by atoms with E-state index in [0.717, 1.165) is 6.42 Å². The molecule has 0 aromatic heterocycles. The lowest BCUT2D eigenvalue weighted by atomic mass is 9.96. The second kappa shape index (κ2) is 7.32. The van der Waals surface area contributed by atoms with Crippen LogP contribution in [0.4, 0.5) is 0 Å². The number of nitrogens with one attached hydrogen (secondary N) is 1. The zero-order chi connectivity index (χ0) is 16.9. The number of rotatable bonds is 7. The third-order valence-corrected chi connectivity index (χ3v) is 3.73. The highest BCUT2D eigenvalue weighted by Crippen LogP contribution is 2.23. The standard InChI is InChI=1S/C13H21N3O6/c1-13(5-2-6-15-13)12(22)16(9(17)7-14)8(11(20)21)3-4-10(18)19/h8,15H,2-7,14H2,1H3,(H,18,19)(H,20,21). The summed E-state index contributed by atoms with van der Waals surface area (Å²) in [5, 5.41) is 20.9. The molecular formula is C13H21N3O6. The first-order chi connectivity index (χ1) is 10.2. The molecule has 1 rings (SSSR count). The van der Waals surface area contributed by atoms with E-state index in [2.05, 4.69) is 5.32 Å². The highest BCUT2D eigenvalue weighted by Gasteiger charge is 2.45. The fourth-order valence-corrected chi connectivity index (χ4v) is 2.49. The van der Waals surface area contributed by atoms with Gasteiger partial charge in [-0.1, -0.05) is 0 Å². The number of hydrogen-bond donors (Lipinski definition) is 4. The van der Waals surface area contributed by atoms with Gasteiger partial charge in [0.1, 0.15) is 6.04 Å². The van der Waals surface area contributed by atoms with E-state index in [-0.39, 0.29) is 6.42 Å². The third-order valence-electron chi connectivity index (χ3n) is 3.73. The van der Waals surface area contributed by atoms with Gasteiger partial charge in [0.15, 0.2) is 0 Å². The van der Waals surface area contributed by atoms with Crippen LogP contribution in [0.1, 0.15) is 32.6 Å². The van der Waals surface area contributed by atoms with Crippen molar-refractivity contribution < 1.29 is 29.4 Å². The molecule has 5 N–H and O–H groups in total. The number of carboxylic acids is 2. The van der Waals surface area contributed by atoms with Crippen molar-refractivity contribution >= 4 is 23.8 Å². The largest absolute Gasteiger partial charge is 0.481 e. The normalized spacial score (nSPS) is 22.1. The van der Waals surface area contributed by atoms with E-state index in [1.807, 2.05) is 0 Å². The molecule has 0 spiro atoms. The molecule has 9 nitrogen and oxygen atoms in total. The molecule has 2 atom stereocenters. The molecule has 2 unspecified atom stereocenters. The summed E-state index contributed by atoms with van der Waals surface area (Å²) in [6.45, 7) is 1.65. The van der Waals surface area contributed by atoms with Gasteiger partial charge >= 0.3 is 11.9 Å². The summed E-state index contributed by atoms with van der Waals surface area (Å²) in [6, 6.07) is -1.54. The number of aliphatic carboxylic acids is 2. The van der Waals surface area contributed by atoms with Gasteiger partial charge in [0.05, 0.1) is 12.1 Å². The maximum absolute atomic E-state index is 12.6. The van der Waals surface area contributed by atoms with Gasteiger partial charge in [-0.25, -0.2) is 4.79 Å². The second-order valence-corrected chi connectivity index (χ2v) is 5.42. The molecule has 1 heterocycles. The first kappa shape index (κ1) is 18.1. The van der Waals surface area contributed by atoms with Crippen molar-refractivity contribution in [3.63, 3.8) is 0 Å². The van der Waals surface area contributed by atoms with E-state index in [4.69, 9.17) is 10.8 Å². The summed E-state index contributed by atoms with van der Waals surface area (Å²) >= 11 is 0. The van der Waals surface area contributed by atoms with E-state index in [1.165, 1.54) is 0 Å². The number of imide groups is 1. The van der Waals surface area contributed by atoms with Crippen molar-refractivity contribution in [1.29, 1.82) is 0 Å². The lowest BCUT2D eigenvalue weighted by Crippen LogP contribution is -2.60. The van der Waals surface area contributed by atoms with Crippen molar-refractivity contribution in [2.75, 3.05) is 13.1 Å². The summed E-state index contributed by atoms with van der Waals surface area (Å²) in [7, 11) is 0. The third kappa shape index (κ3) is 4.01. The molecule has 0 aromatic carbocycles. The highest BCUT2D eigenvalue weighted by atomic mass is 16.4. The van der Waals surface area contributed by atoms with E-state index in [0.29, 0.717) is 17.9 Å². The van der Waals surface area contributed by atoms with Gasteiger partial charge in [-0.2, -0.15) is 0 Å². The van der Waals surface area contributed by atoms with Crippen LogP contribution in [-0.2, 0) is 19.2 Å². The molecule has 0 radical (unpaired) electrons. The summed E-state index contributed by atoms with van der Waals surface area (Å²) < 4.78 is 0. The average molecular weight is 315 g/mol. The van der Waals surface area contributed by atoms with Gasteiger partial charge in [0.2, 0.25) is 11.8 Å². The first-order valence-electron chi connectivity index (χ1n) is 6.99. The number of amides is 2. The van der Waals surface area contributed by atoms with E-state index in [9.17, 15) is 24.3 Å². The zero-order valence-electron chi connectivity index (χ0n) is 12.4. The van der Waals surface area contributed by atoms with Crippen LogP contribution < -0.4 is 11.1 Å². The molecule has 0 bridgehead atoms. The molecule has 0 saturated carbocycles. The molecule has 22 heavy (non-hydrogen) atoms. The van der Waals surface area contributed by atoms with Crippen LogP contribution in [0.15, 0.2) is 0 Å². The Hall–Kier alpha value is -2.00. The van der Waals surface area contributed by atoms with Crippen molar-refractivity contribution in [3.05, 3.63) is 0 Å². The summed E-state index contributed by atoms with van der Waals surface area (Å²) in [5.41, 5.74) is 4.23. The Labute approximate surface area is 127 Å². The number of nitrogens with zero attached hydrogens (tertiary/aromatic N) is 1. The number of nitrogens with two attached hydrogens (primary N) is 1. The first-order valence-corrected chi connectivity index (χ1v) is 6.99. The maximum atomic E-state index is 12.6. The Kier molecular flexibility index (Phi) is 6.01. The lowest BCUT2D eigenvalue weighted by Gasteiger charge is -2.33. The molecule has 0 aromatic rings. The molecule has 1 fully saturated rings. The zero-order valence-corrected chi connectivity index (χ0v) is 12.4. The Morgan fingerprint density at radius 3 is 2.36 bits per heavy atom. The topological polar surface area (TPSA) is 150 Å². The fraction of sp³-hybridized carbons (Fsp3) is 0.692. The Morgan fingerprint density at radius 2 is 1.95 bits per heavy atom. The smallest absolute Gasteiger partial charge is 0.326 e. The summed E-state index contributed by atoms with van der Waals surface area (Å²) in [4.78, 5) is 47.3. The number of carbonyl (C=O) groups excluding carboxylic acids is 2. The Morgan fingerprint density at radius 1 is 1.32 bits per heavy atom. The summed E-state index contributed by atoms with van der Waals surface area (Å²) in [5.74, 6) is -4.15. The van der Waals surface area contributed by atoms with Gasteiger partial charge in [-0.3, -0.25) is 19.3 Å². The number of carboxylic acid groups (broad SMARTS) is 2. The maximum Gasteiger partial charge on any atom is 0.326 e. The van der Waals surface area contributed by atoms with Gasteiger partial charge in [0.25, 0.3) is 0 Å². The minimum Gasteiger partial charge on any atom is -0.481 e. The van der Waals surface area contributed by atoms with Crippen LogP contribution in [0, 0.1) is 0 Å². The van der Waals surface area contributed by atoms with Crippen LogP contribution in [0.2, 0.25) is 0 Å². The van der Waals surface area contributed by atoms with Crippen LogP contribution in [0.5, 0.6) is 0 Å². The number of carbonyl (C=O) groups is 4. The molecular weight excluding hydrogens is 294 g/mol. The predicted molar refractivity (Wildman–Crippen MR) is 74.8 cm³/mol. The highest BCUT2D eigenvalue weighted by molar-refractivity contribution is 6.03. The van der Waals surface area contributed by atoms with Crippen LogP contribution in [-0.4, -0.2) is 63.5 Å². The predicted octanol–water partition coefficient (Wildman–Crippen LogP) is -1.24. The van der Waals surface area contributed by atoms with Gasteiger partial charge < -0.3 is 21.3 Å². The Bertz CT molecular complexity index is 472. The molecule has 2 amide bonds. The van der Waals surface area contributed by atoms with Gasteiger partial charge in [-0.05, 0) is 32.7 Å². The van der Waals surface area contributed by atoms with Crippen molar-refractivity contribution in [3.8, 4) is 0 Å². The molecule has 1 aliphatic heterocycles. The molecule has 1 saturated heterocycles. The van der Waals surface area contributed by atoms with Gasteiger partial charge in [-0.15, -0.1) is 0 Å². The van der Waals surface area contributed by atoms with Crippen LogP contribution >= 0.6 is 0 Å². The average Bonchev–Trinajstić information content (AvgIpc) is 2.89. The Balaban J connectivity index is 3.08. The van der Waals surface area contributed by atoms with Gasteiger partial charge in [0, 0.05) is 6.42 Å². The minimum atomic E-state index is -1.54. The molecule has 1 aliphatic rings. The monoisotopic (exact) mass is 315 g/mol. The van der Waals surface area contributed by atoms with Crippen LogP contribution in [0.3, 0.4) is 0 Å². The quantitative estimate of drug-likeness (QED) is 0.455. The van der Waals surface area contributed by atoms with E-state index in [1.54, 1.807) is 6.92 Å². The van der Waals surface area contributed by atoms with E-state index < -0.39 is 48.3 Å². The molecule has 124 valence electrons. The van der Waals surface area contributed by atoms with Crippen molar-refractivity contribution in [2.24, 2.45) is 5.73 Å². The number of hydrogen-bond acceptors (Lipinski definition) is 6. The van der Waals surface area contributed by atoms with E-state index >= 15 is 0 Å². The minimum absolute atomic E-state index is 0.363. The lowest BCUT2D eigenvalue weighted by molar-refractivity contribution is -0.161. The fourth-order valence-electron chi connectivity index (χ4n) is 2.49. The molecule has 0 aliphatic carbocycles. The van der Waals surface area contributed by atoms with Crippen LogP contribution in [0.25, 0.3) is 0 Å². The molecule has 9 heteroatoms. The van der Waals surface area contributed by atoms with Crippen molar-refractivity contribution in [2.45, 2.75) is 44.2 Å². The van der Waals surface area contributed by atoms with Crippen molar-refractivity contribution in [1.82, 2.24) is 10.2 Å².